The molecule has 0 radical (unpaired) electrons. The van der Waals surface area contributed by atoms with E-state index in [1.807, 2.05) is 36.0 Å². The number of benzene rings is 2. The molecule has 2 aromatic carbocycles. The van der Waals surface area contributed by atoms with Gasteiger partial charge in [0.05, 0.1) is 0 Å². The Hall–Kier alpha value is -1.61. The van der Waals surface area contributed by atoms with E-state index in [4.69, 9.17) is 11.5 Å². The lowest BCUT2D eigenvalue weighted by Crippen LogP contribution is -2.30. The quantitative estimate of drug-likeness (QED) is 0.739. The van der Waals surface area contributed by atoms with Gasteiger partial charge in [0.2, 0.25) is 0 Å². The summed E-state index contributed by atoms with van der Waals surface area (Å²) >= 11 is 2.00. The van der Waals surface area contributed by atoms with Gasteiger partial charge < -0.3 is 11.5 Å². The Morgan fingerprint density at radius 2 is 1.04 bits per heavy atom. The Labute approximate surface area is 144 Å². The molecular formula is C20H28N2S. The van der Waals surface area contributed by atoms with E-state index in [9.17, 15) is 0 Å². The van der Waals surface area contributed by atoms with Crippen LogP contribution in [0.3, 0.4) is 0 Å². The van der Waals surface area contributed by atoms with Gasteiger partial charge in [-0.25, -0.2) is 0 Å². The molecule has 0 aromatic heterocycles. The van der Waals surface area contributed by atoms with Crippen molar-refractivity contribution in [1.29, 1.82) is 0 Å². The summed E-state index contributed by atoms with van der Waals surface area (Å²) in [5.74, 6) is 0. The van der Waals surface area contributed by atoms with Gasteiger partial charge in [0.15, 0.2) is 0 Å². The fraction of sp³-hybridized carbons (Fsp3) is 0.400. The minimum absolute atomic E-state index is 0.0997. The van der Waals surface area contributed by atoms with Gasteiger partial charge in [-0.1, -0.05) is 64.1 Å². The largest absolute Gasteiger partial charge is 0.399 e. The highest BCUT2D eigenvalue weighted by Gasteiger charge is 2.30. The summed E-state index contributed by atoms with van der Waals surface area (Å²) in [6.07, 6.45) is 1.91. The number of hydrogen-bond acceptors (Lipinski definition) is 3. The fourth-order valence-electron chi connectivity index (χ4n) is 3.13. The molecule has 0 saturated carbocycles. The Morgan fingerprint density at radius 1 is 0.696 bits per heavy atom. The van der Waals surface area contributed by atoms with Crippen molar-refractivity contribution in [3.63, 3.8) is 0 Å². The van der Waals surface area contributed by atoms with Crippen LogP contribution < -0.4 is 11.5 Å². The number of nitrogen functional groups attached to an aromatic ring is 2. The molecule has 0 bridgehead atoms. The normalized spacial score (nSPS) is 12.3. The molecule has 0 atom stereocenters. The molecule has 0 heterocycles. The van der Waals surface area contributed by atoms with Crippen molar-refractivity contribution in [1.82, 2.24) is 0 Å². The first-order chi connectivity index (χ1) is 10.7. The molecular weight excluding hydrogens is 300 g/mol. The summed E-state index contributed by atoms with van der Waals surface area (Å²) in [6, 6.07) is 16.3. The number of anilines is 2. The number of hydrogen-bond donors (Lipinski definition) is 2. The smallest absolute Gasteiger partial charge is 0.0347 e. The molecule has 2 nitrogen and oxygen atoms in total. The first-order valence-electron chi connectivity index (χ1n) is 8.05. The summed E-state index contributed by atoms with van der Waals surface area (Å²) < 4.78 is 0.199. The first kappa shape index (κ1) is 17.7. The molecule has 2 rings (SSSR count). The van der Waals surface area contributed by atoms with Crippen molar-refractivity contribution in [2.24, 2.45) is 0 Å². The minimum atomic E-state index is 0.0997. The lowest BCUT2D eigenvalue weighted by Gasteiger charge is -2.35. The van der Waals surface area contributed by atoms with Crippen molar-refractivity contribution >= 4 is 23.1 Å². The summed E-state index contributed by atoms with van der Waals surface area (Å²) in [5.41, 5.74) is 16.4. The minimum Gasteiger partial charge on any atom is -0.399 e. The van der Waals surface area contributed by atoms with E-state index in [-0.39, 0.29) is 9.49 Å². The van der Waals surface area contributed by atoms with Crippen LogP contribution in [0, 0.1) is 0 Å². The van der Waals surface area contributed by atoms with Gasteiger partial charge in [-0.3, -0.25) is 0 Å². The maximum Gasteiger partial charge on any atom is 0.0347 e. The zero-order valence-corrected chi connectivity index (χ0v) is 15.4. The lowest BCUT2D eigenvalue weighted by atomic mass is 10.00. The highest BCUT2D eigenvalue weighted by Crippen LogP contribution is 2.41. The van der Waals surface area contributed by atoms with Crippen molar-refractivity contribution in [2.45, 2.75) is 50.0 Å². The standard InChI is InChI=1S/C20H28N2S/c1-19(2,13-15-9-5-7-11-17(15)21)23-20(3,4)14-16-10-6-8-12-18(16)22/h5-12H,13-14,21-22H2,1-4H3. The highest BCUT2D eigenvalue weighted by atomic mass is 32.2. The highest BCUT2D eigenvalue weighted by molar-refractivity contribution is 8.01. The van der Waals surface area contributed by atoms with E-state index in [1.165, 1.54) is 11.1 Å². The second-order valence-electron chi connectivity index (χ2n) is 7.37. The van der Waals surface area contributed by atoms with E-state index in [1.54, 1.807) is 0 Å². The monoisotopic (exact) mass is 328 g/mol. The molecule has 0 fully saturated rings. The van der Waals surface area contributed by atoms with Gasteiger partial charge in [0.1, 0.15) is 0 Å². The Bertz CT molecular complexity index is 605. The van der Waals surface area contributed by atoms with E-state index in [2.05, 4.69) is 52.0 Å². The van der Waals surface area contributed by atoms with Gasteiger partial charge in [0.25, 0.3) is 0 Å². The third-order valence-corrected chi connectivity index (χ3v) is 5.29. The van der Waals surface area contributed by atoms with Gasteiger partial charge in [-0.05, 0) is 36.1 Å². The molecule has 0 aliphatic carbocycles. The van der Waals surface area contributed by atoms with Crippen molar-refractivity contribution in [2.75, 3.05) is 11.5 Å². The van der Waals surface area contributed by atoms with Gasteiger partial charge in [-0.2, -0.15) is 0 Å². The number of nitrogens with two attached hydrogens (primary N) is 2. The number of thioether (sulfide) groups is 1. The van der Waals surface area contributed by atoms with Crippen molar-refractivity contribution in [3.05, 3.63) is 59.7 Å². The predicted molar refractivity (Wildman–Crippen MR) is 105 cm³/mol. The van der Waals surface area contributed by atoms with Crippen LogP contribution in [0.2, 0.25) is 0 Å². The topological polar surface area (TPSA) is 52.0 Å². The molecule has 0 aliphatic heterocycles. The van der Waals surface area contributed by atoms with Crippen LogP contribution >= 0.6 is 11.8 Å². The molecule has 0 spiro atoms. The average molecular weight is 329 g/mol. The number of rotatable bonds is 6. The van der Waals surface area contributed by atoms with Crippen LogP contribution in [0.15, 0.2) is 48.5 Å². The van der Waals surface area contributed by atoms with Gasteiger partial charge >= 0.3 is 0 Å². The molecule has 124 valence electrons. The molecule has 23 heavy (non-hydrogen) atoms. The second-order valence-corrected chi connectivity index (χ2v) is 9.79. The Morgan fingerprint density at radius 3 is 1.39 bits per heavy atom. The molecule has 0 amide bonds. The predicted octanol–water partition coefficient (Wildman–Crippen LogP) is 4.93. The average Bonchev–Trinajstić information content (AvgIpc) is 2.42. The third kappa shape index (κ3) is 5.21. The van der Waals surface area contributed by atoms with E-state index in [0.717, 1.165) is 24.2 Å². The first-order valence-corrected chi connectivity index (χ1v) is 8.87. The van der Waals surface area contributed by atoms with Crippen LogP contribution in [0.25, 0.3) is 0 Å². The molecule has 2 aromatic rings. The van der Waals surface area contributed by atoms with Crippen LogP contribution in [0.1, 0.15) is 38.8 Å². The van der Waals surface area contributed by atoms with E-state index in [0.29, 0.717) is 0 Å². The molecule has 0 unspecified atom stereocenters. The van der Waals surface area contributed by atoms with Crippen LogP contribution in [-0.2, 0) is 12.8 Å². The van der Waals surface area contributed by atoms with Gasteiger partial charge in [-0.15, -0.1) is 11.8 Å². The maximum atomic E-state index is 6.11. The summed E-state index contributed by atoms with van der Waals surface area (Å²) in [6.45, 7) is 9.17. The van der Waals surface area contributed by atoms with Crippen molar-refractivity contribution < 1.29 is 0 Å². The third-order valence-electron chi connectivity index (χ3n) is 3.90. The van der Waals surface area contributed by atoms with Crippen LogP contribution in [-0.4, -0.2) is 9.49 Å². The van der Waals surface area contributed by atoms with E-state index < -0.39 is 0 Å². The lowest BCUT2D eigenvalue weighted by molar-refractivity contribution is 0.653. The number of para-hydroxylation sites is 2. The van der Waals surface area contributed by atoms with Crippen LogP contribution in [0.5, 0.6) is 0 Å². The van der Waals surface area contributed by atoms with Crippen molar-refractivity contribution in [3.8, 4) is 0 Å². The summed E-state index contributed by atoms with van der Waals surface area (Å²) in [7, 11) is 0. The fourth-order valence-corrected chi connectivity index (χ4v) is 5.08. The molecule has 0 saturated heterocycles. The van der Waals surface area contributed by atoms with E-state index >= 15 is 0 Å². The molecule has 3 heteroatoms. The molecule has 0 aliphatic rings. The Balaban J connectivity index is 2.09. The van der Waals surface area contributed by atoms with Crippen LogP contribution in [0.4, 0.5) is 11.4 Å². The Kier molecular flexibility index (Phi) is 5.30. The SMILES string of the molecule is CC(C)(Cc1ccccc1N)SC(C)(C)Cc1ccccc1N. The summed E-state index contributed by atoms with van der Waals surface area (Å²) in [4.78, 5) is 0. The summed E-state index contributed by atoms with van der Waals surface area (Å²) in [5, 5.41) is 0. The zero-order chi connectivity index (χ0) is 17.1. The van der Waals surface area contributed by atoms with Gasteiger partial charge in [0, 0.05) is 20.9 Å². The zero-order valence-electron chi connectivity index (χ0n) is 14.6. The second kappa shape index (κ2) is 6.88. The maximum absolute atomic E-state index is 6.11. The molecule has 4 N–H and O–H groups in total.